The van der Waals surface area contributed by atoms with Gasteiger partial charge in [-0.15, -0.1) is 0 Å². The molecule has 132 valence electrons. The normalized spacial score (nSPS) is 13.4. The van der Waals surface area contributed by atoms with Gasteiger partial charge in [0.05, 0.1) is 10.9 Å². The van der Waals surface area contributed by atoms with Crippen LogP contribution in [0, 0.1) is 0 Å². The molecule has 0 aliphatic carbocycles. The minimum atomic E-state index is -0.188. The van der Waals surface area contributed by atoms with Crippen molar-refractivity contribution in [2.24, 2.45) is 0 Å². The highest BCUT2D eigenvalue weighted by molar-refractivity contribution is 6.06. The van der Waals surface area contributed by atoms with E-state index in [1.165, 1.54) is 0 Å². The Labute approximate surface area is 151 Å². The highest BCUT2D eigenvalue weighted by Crippen LogP contribution is 2.19. The van der Waals surface area contributed by atoms with Crippen LogP contribution < -0.4 is 10.9 Å². The second-order valence-electron chi connectivity index (χ2n) is 6.64. The molecule has 1 N–H and O–H groups in total. The van der Waals surface area contributed by atoms with E-state index in [-0.39, 0.29) is 11.5 Å². The summed E-state index contributed by atoms with van der Waals surface area (Å²) >= 11 is 0. The van der Waals surface area contributed by atoms with Crippen LogP contribution in [0.25, 0.3) is 10.9 Å². The average molecular weight is 347 g/mol. The van der Waals surface area contributed by atoms with Gasteiger partial charge in [0.15, 0.2) is 0 Å². The number of rotatable bonds is 3. The average Bonchev–Trinajstić information content (AvgIpc) is 2.68. The Morgan fingerprint density at radius 3 is 2.88 bits per heavy atom. The highest BCUT2D eigenvalue weighted by Gasteiger charge is 2.16. The predicted molar refractivity (Wildman–Crippen MR) is 103 cm³/mol. The lowest BCUT2D eigenvalue weighted by atomic mass is 10.1. The number of carbonyl (C=O) groups excluding carboxylic acids is 1. The topological polar surface area (TPSA) is 64.0 Å². The van der Waals surface area contributed by atoms with Crippen molar-refractivity contribution >= 4 is 22.5 Å². The third kappa shape index (κ3) is 2.90. The van der Waals surface area contributed by atoms with E-state index in [9.17, 15) is 9.59 Å². The zero-order valence-electron chi connectivity index (χ0n) is 14.8. The number of fused-ring (bicyclic) bond motifs is 2. The van der Waals surface area contributed by atoms with Crippen LogP contribution in [-0.4, -0.2) is 15.5 Å². The Hall–Kier alpha value is -2.95. The second kappa shape index (κ2) is 6.75. The lowest BCUT2D eigenvalue weighted by Crippen LogP contribution is -2.28. The molecule has 0 fully saturated rings. The van der Waals surface area contributed by atoms with Gasteiger partial charge in [-0.1, -0.05) is 25.1 Å². The fourth-order valence-electron chi connectivity index (χ4n) is 3.53. The molecule has 0 saturated carbocycles. The number of nitrogens with one attached hydrogen (secondary N) is 1. The van der Waals surface area contributed by atoms with Gasteiger partial charge in [-0.2, -0.15) is 0 Å². The van der Waals surface area contributed by atoms with E-state index in [1.807, 2.05) is 24.3 Å². The number of anilines is 1. The summed E-state index contributed by atoms with van der Waals surface area (Å²) < 4.78 is 1.77. The van der Waals surface area contributed by atoms with Crippen LogP contribution in [0.1, 0.15) is 41.5 Å². The first-order chi connectivity index (χ1) is 12.7. The maximum atomic E-state index is 12.7. The van der Waals surface area contributed by atoms with Crippen molar-refractivity contribution in [3.8, 4) is 0 Å². The van der Waals surface area contributed by atoms with Crippen molar-refractivity contribution in [3.63, 3.8) is 0 Å². The number of hydrogen-bond donors (Lipinski definition) is 1. The van der Waals surface area contributed by atoms with E-state index in [2.05, 4.69) is 17.2 Å². The molecule has 0 unspecified atom stereocenters. The summed E-state index contributed by atoms with van der Waals surface area (Å²) in [4.78, 5) is 30.0. The minimum Gasteiger partial charge on any atom is -0.322 e. The van der Waals surface area contributed by atoms with Gasteiger partial charge in [0.25, 0.3) is 11.5 Å². The van der Waals surface area contributed by atoms with E-state index in [1.54, 1.807) is 22.8 Å². The van der Waals surface area contributed by atoms with Gasteiger partial charge in [-0.25, -0.2) is 4.98 Å². The van der Waals surface area contributed by atoms with Crippen LogP contribution in [0.5, 0.6) is 0 Å². The summed E-state index contributed by atoms with van der Waals surface area (Å²) in [5, 5.41) is 3.54. The Morgan fingerprint density at radius 2 is 2.04 bits per heavy atom. The molecule has 1 aromatic heterocycles. The zero-order valence-corrected chi connectivity index (χ0v) is 14.8. The Kier molecular flexibility index (Phi) is 4.29. The van der Waals surface area contributed by atoms with Crippen LogP contribution in [0.3, 0.4) is 0 Å². The van der Waals surface area contributed by atoms with E-state index in [0.29, 0.717) is 16.5 Å². The Balaban J connectivity index is 1.71. The van der Waals surface area contributed by atoms with Crippen molar-refractivity contribution in [2.45, 2.75) is 39.2 Å². The van der Waals surface area contributed by atoms with Gasteiger partial charge < -0.3 is 5.32 Å². The summed E-state index contributed by atoms with van der Waals surface area (Å²) in [6, 6.07) is 12.9. The molecule has 0 spiro atoms. The van der Waals surface area contributed by atoms with Crippen LogP contribution in [0.2, 0.25) is 0 Å². The Bertz CT molecular complexity index is 1050. The van der Waals surface area contributed by atoms with Gasteiger partial charge in [0.1, 0.15) is 5.82 Å². The molecule has 1 amide bonds. The third-order valence-electron chi connectivity index (χ3n) is 4.98. The Morgan fingerprint density at radius 1 is 1.19 bits per heavy atom. The van der Waals surface area contributed by atoms with Crippen molar-refractivity contribution in [1.82, 2.24) is 9.55 Å². The molecule has 1 aliphatic rings. The summed E-state index contributed by atoms with van der Waals surface area (Å²) in [7, 11) is 0. The van der Waals surface area contributed by atoms with Gasteiger partial charge in [0.2, 0.25) is 0 Å². The molecule has 4 rings (SSSR count). The number of hydrogen-bond acceptors (Lipinski definition) is 3. The first kappa shape index (κ1) is 16.5. The van der Waals surface area contributed by atoms with Crippen molar-refractivity contribution in [3.05, 3.63) is 69.8 Å². The van der Waals surface area contributed by atoms with E-state index in [4.69, 9.17) is 0 Å². The monoisotopic (exact) mass is 347 g/mol. The van der Waals surface area contributed by atoms with E-state index < -0.39 is 0 Å². The summed E-state index contributed by atoms with van der Waals surface area (Å²) in [6.45, 7) is 2.79. The van der Waals surface area contributed by atoms with Crippen LogP contribution in [0.15, 0.2) is 47.3 Å². The standard InChI is InChI=1S/C21H21N3O2/c1-2-14-7-3-4-8-17(14)23-20(25)15-10-11-16-18(13-15)22-19-9-5-6-12-24(19)21(16)26/h3-4,7-8,10-11,13H,2,5-6,9,12H2,1H3,(H,23,25). The fraction of sp³-hybridized carbons (Fsp3) is 0.286. The number of carbonyl (C=O) groups is 1. The third-order valence-corrected chi connectivity index (χ3v) is 4.98. The molecule has 26 heavy (non-hydrogen) atoms. The van der Waals surface area contributed by atoms with Crippen LogP contribution in [0.4, 0.5) is 5.69 Å². The lowest BCUT2D eigenvalue weighted by Gasteiger charge is -2.18. The molecular weight excluding hydrogens is 326 g/mol. The first-order valence-electron chi connectivity index (χ1n) is 9.10. The number of para-hydroxylation sites is 1. The molecule has 0 atom stereocenters. The highest BCUT2D eigenvalue weighted by atomic mass is 16.1. The number of benzene rings is 2. The first-order valence-corrected chi connectivity index (χ1v) is 9.10. The van der Waals surface area contributed by atoms with Crippen LogP contribution >= 0.6 is 0 Å². The molecule has 0 bridgehead atoms. The zero-order chi connectivity index (χ0) is 18.1. The molecule has 0 radical (unpaired) electrons. The van der Waals surface area contributed by atoms with Gasteiger partial charge in [-0.3, -0.25) is 14.2 Å². The van der Waals surface area contributed by atoms with E-state index in [0.717, 1.165) is 49.3 Å². The number of aryl methyl sites for hydroxylation is 2. The maximum Gasteiger partial charge on any atom is 0.261 e. The smallest absolute Gasteiger partial charge is 0.261 e. The number of aromatic nitrogens is 2. The van der Waals surface area contributed by atoms with Gasteiger partial charge in [0, 0.05) is 24.2 Å². The van der Waals surface area contributed by atoms with E-state index >= 15 is 0 Å². The molecule has 2 heterocycles. The SMILES string of the molecule is CCc1ccccc1NC(=O)c1ccc2c(=O)n3c(nc2c1)CCCC3. The molecular formula is C21H21N3O2. The van der Waals surface area contributed by atoms with Crippen molar-refractivity contribution in [1.29, 1.82) is 0 Å². The predicted octanol–water partition coefficient (Wildman–Crippen LogP) is 3.55. The summed E-state index contributed by atoms with van der Waals surface area (Å²) in [5.74, 6) is 0.634. The quantitative estimate of drug-likeness (QED) is 0.788. The molecule has 3 aromatic rings. The van der Waals surface area contributed by atoms with Crippen molar-refractivity contribution < 1.29 is 4.79 Å². The van der Waals surface area contributed by atoms with Gasteiger partial charge in [-0.05, 0) is 49.1 Å². The largest absolute Gasteiger partial charge is 0.322 e. The fourth-order valence-corrected chi connectivity index (χ4v) is 3.53. The maximum absolute atomic E-state index is 12.7. The molecule has 1 aliphatic heterocycles. The number of amides is 1. The summed E-state index contributed by atoms with van der Waals surface area (Å²) in [5.41, 5.74) is 3.01. The molecule has 2 aromatic carbocycles. The second-order valence-corrected chi connectivity index (χ2v) is 6.64. The van der Waals surface area contributed by atoms with Gasteiger partial charge >= 0.3 is 0 Å². The lowest BCUT2D eigenvalue weighted by molar-refractivity contribution is 0.102. The molecule has 5 heteroatoms. The molecule has 5 nitrogen and oxygen atoms in total. The minimum absolute atomic E-state index is 0.00649. The summed E-state index contributed by atoms with van der Waals surface area (Å²) in [6.07, 6.45) is 3.72. The van der Waals surface area contributed by atoms with Crippen molar-refractivity contribution in [2.75, 3.05) is 5.32 Å². The number of nitrogens with zero attached hydrogens (tertiary/aromatic N) is 2. The van der Waals surface area contributed by atoms with Crippen LogP contribution in [-0.2, 0) is 19.4 Å². The molecule has 0 saturated heterocycles.